The first-order valence-corrected chi connectivity index (χ1v) is 5.48. The fourth-order valence-corrected chi connectivity index (χ4v) is 1.72. The van der Waals surface area contributed by atoms with Crippen molar-refractivity contribution in [1.29, 1.82) is 0 Å². The molecule has 1 N–H and O–H groups in total. The van der Waals surface area contributed by atoms with Crippen molar-refractivity contribution < 1.29 is 9.90 Å². The molecule has 1 aromatic carbocycles. The van der Waals surface area contributed by atoms with Crippen LogP contribution in [0.4, 0.5) is 0 Å². The number of carbonyl (C=O) groups is 1. The summed E-state index contributed by atoms with van der Waals surface area (Å²) in [7, 11) is 0. The molecule has 2 aromatic rings. The molecule has 0 aliphatic heterocycles. The van der Waals surface area contributed by atoms with E-state index in [9.17, 15) is 4.79 Å². The molecular formula is C14H13NO2. The number of aromatic carboxylic acids is 1. The molecule has 0 bridgehead atoms. The third-order valence-corrected chi connectivity index (χ3v) is 2.64. The number of hydrogen-bond acceptors (Lipinski definition) is 2. The van der Waals surface area contributed by atoms with Gasteiger partial charge in [0.2, 0.25) is 0 Å². The molecule has 0 aliphatic rings. The van der Waals surface area contributed by atoms with Gasteiger partial charge in [0.15, 0.2) is 0 Å². The maximum Gasteiger partial charge on any atom is 0.335 e. The summed E-state index contributed by atoms with van der Waals surface area (Å²) in [5.41, 5.74) is 3.17. The third kappa shape index (κ3) is 2.50. The minimum absolute atomic E-state index is 0.322. The van der Waals surface area contributed by atoms with Crippen molar-refractivity contribution in [2.75, 3.05) is 0 Å². The molecule has 0 amide bonds. The van der Waals surface area contributed by atoms with Crippen LogP contribution < -0.4 is 0 Å². The normalized spacial score (nSPS) is 10.2. The summed E-state index contributed by atoms with van der Waals surface area (Å²) in [4.78, 5) is 15.1. The van der Waals surface area contributed by atoms with Gasteiger partial charge in [-0.3, -0.25) is 4.98 Å². The van der Waals surface area contributed by atoms with Gasteiger partial charge in [-0.1, -0.05) is 19.1 Å². The van der Waals surface area contributed by atoms with Crippen LogP contribution in [0.3, 0.4) is 0 Å². The average Bonchev–Trinajstić information content (AvgIpc) is 2.39. The van der Waals surface area contributed by atoms with E-state index in [1.54, 1.807) is 24.5 Å². The Hall–Kier alpha value is -2.16. The second-order valence-electron chi connectivity index (χ2n) is 3.82. The molecular weight excluding hydrogens is 214 g/mol. The minimum Gasteiger partial charge on any atom is -0.478 e. The van der Waals surface area contributed by atoms with Gasteiger partial charge in [-0.2, -0.15) is 0 Å². The quantitative estimate of drug-likeness (QED) is 0.876. The predicted molar refractivity (Wildman–Crippen MR) is 66.0 cm³/mol. The standard InChI is InChI=1S/C14H13NO2/c1-2-10-6-12(8-13(7-10)14(16)17)11-4-3-5-15-9-11/h3-9H,2H2,1H3,(H,16,17). The minimum atomic E-state index is -0.898. The first kappa shape index (κ1) is 11.3. The van der Waals surface area contributed by atoms with E-state index in [0.717, 1.165) is 23.1 Å². The van der Waals surface area contributed by atoms with Crippen LogP contribution in [0, 0.1) is 0 Å². The highest BCUT2D eigenvalue weighted by Crippen LogP contribution is 2.22. The Morgan fingerprint density at radius 2 is 2.12 bits per heavy atom. The van der Waals surface area contributed by atoms with Crippen molar-refractivity contribution in [3.8, 4) is 11.1 Å². The Morgan fingerprint density at radius 1 is 1.29 bits per heavy atom. The summed E-state index contributed by atoms with van der Waals surface area (Å²) in [6.45, 7) is 2.01. The van der Waals surface area contributed by atoms with Gasteiger partial charge < -0.3 is 5.11 Å². The van der Waals surface area contributed by atoms with Gasteiger partial charge in [0, 0.05) is 18.0 Å². The molecule has 86 valence electrons. The Labute approximate surface area is 99.8 Å². The van der Waals surface area contributed by atoms with Crippen LogP contribution in [0.1, 0.15) is 22.8 Å². The van der Waals surface area contributed by atoms with Crippen molar-refractivity contribution in [1.82, 2.24) is 4.98 Å². The smallest absolute Gasteiger partial charge is 0.335 e. The summed E-state index contributed by atoms with van der Waals surface area (Å²) in [5.74, 6) is -0.898. The number of rotatable bonds is 3. The van der Waals surface area contributed by atoms with E-state index in [-0.39, 0.29) is 0 Å². The van der Waals surface area contributed by atoms with Gasteiger partial charge in [0.05, 0.1) is 5.56 Å². The molecule has 0 atom stereocenters. The van der Waals surface area contributed by atoms with E-state index in [2.05, 4.69) is 4.98 Å². The largest absolute Gasteiger partial charge is 0.478 e. The lowest BCUT2D eigenvalue weighted by Gasteiger charge is -2.06. The molecule has 0 spiro atoms. The highest BCUT2D eigenvalue weighted by atomic mass is 16.4. The van der Waals surface area contributed by atoms with E-state index >= 15 is 0 Å². The maximum absolute atomic E-state index is 11.0. The van der Waals surface area contributed by atoms with Crippen LogP contribution >= 0.6 is 0 Å². The number of pyridine rings is 1. The number of hydrogen-bond donors (Lipinski definition) is 1. The van der Waals surface area contributed by atoms with Gasteiger partial charge in [-0.15, -0.1) is 0 Å². The molecule has 0 saturated heterocycles. The van der Waals surface area contributed by atoms with Crippen molar-refractivity contribution in [2.24, 2.45) is 0 Å². The monoisotopic (exact) mass is 227 g/mol. The Balaban J connectivity index is 2.54. The molecule has 0 fully saturated rings. The summed E-state index contributed by atoms with van der Waals surface area (Å²) in [6, 6.07) is 9.16. The number of aromatic nitrogens is 1. The highest BCUT2D eigenvalue weighted by molar-refractivity contribution is 5.89. The van der Waals surface area contributed by atoms with Gasteiger partial charge in [0.25, 0.3) is 0 Å². The van der Waals surface area contributed by atoms with E-state index < -0.39 is 5.97 Å². The lowest BCUT2D eigenvalue weighted by molar-refractivity contribution is 0.0697. The van der Waals surface area contributed by atoms with E-state index in [1.807, 2.05) is 25.1 Å². The molecule has 1 heterocycles. The van der Waals surface area contributed by atoms with Crippen LogP contribution in [-0.4, -0.2) is 16.1 Å². The van der Waals surface area contributed by atoms with Crippen molar-refractivity contribution in [3.63, 3.8) is 0 Å². The van der Waals surface area contributed by atoms with E-state index in [1.165, 1.54) is 0 Å². The average molecular weight is 227 g/mol. The van der Waals surface area contributed by atoms with Crippen LogP contribution in [0.2, 0.25) is 0 Å². The molecule has 1 aromatic heterocycles. The van der Waals surface area contributed by atoms with Gasteiger partial charge in [0.1, 0.15) is 0 Å². The van der Waals surface area contributed by atoms with E-state index in [4.69, 9.17) is 5.11 Å². The number of carboxylic acid groups (broad SMARTS) is 1. The number of benzene rings is 1. The summed E-state index contributed by atoms with van der Waals surface area (Å²) < 4.78 is 0. The molecule has 2 rings (SSSR count). The first-order valence-electron chi connectivity index (χ1n) is 5.48. The zero-order valence-corrected chi connectivity index (χ0v) is 9.55. The second-order valence-corrected chi connectivity index (χ2v) is 3.82. The zero-order valence-electron chi connectivity index (χ0n) is 9.55. The fourth-order valence-electron chi connectivity index (χ4n) is 1.72. The third-order valence-electron chi connectivity index (χ3n) is 2.64. The SMILES string of the molecule is CCc1cc(C(=O)O)cc(-c2cccnc2)c1. The molecule has 0 radical (unpaired) electrons. The molecule has 17 heavy (non-hydrogen) atoms. The zero-order chi connectivity index (χ0) is 12.3. The van der Waals surface area contributed by atoms with E-state index in [0.29, 0.717) is 5.56 Å². The van der Waals surface area contributed by atoms with Crippen molar-refractivity contribution >= 4 is 5.97 Å². The van der Waals surface area contributed by atoms with Crippen LogP contribution in [0.15, 0.2) is 42.7 Å². The van der Waals surface area contributed by atoms with Gasteiger partial charge in [-0.05, 0) is 35.7 Å². The maximum atomic E-state index is 11.0. The Morgan fingerprint density at radius 3 is 2.71 bits per heavy atom. The summed E-state index contributed by atoms with van der Waals surface area (Å²) in [5, 5.41) is 9.06. The van der Waals surface area contributed by atoms with Crippen LogP contribution in [-0.2, 0) is 6.42 Å². The second kappa shape index (κ2) is 4.78. The Kier molecular flexibility index (Phi) is 3.19. The first-order chi connectivity index (χ1) is 8.20. The van der Waals surface area contributed by atoms with Crippen molar-refractivity contribution in [3.05, 3.63) is 53.9 Å². The summed E-state index contributed by atoms with van der Waals surface area (Å²) in [6.07, 6.45) is 4.25. The van der Waals surface area contributed by atoms with Gasteiger partial charge in [-0.25, -0.2) is 4.79 Å². The van der Waals surface area contributed by atoms with Crippen LogP contribution in [0.5, 0.6) is 0 Å². The summed E-state index contributed by atoms with van der Waals surface area (Å²) >= 11 is 0. The molecule has 0 unspecified atom stereocenters. The number of aryl methyl sites for hydroxylation is 1. The predicted octanol–water partition coefficient (Wildman–Crippen LogP) is 3.01. The van der Waals surface area contributed by atoms with Crippen molar-refractivity contribution in [2.45, 2.75) is 13.3 Å². The lowest BCUT2D eigenvalue weighted by Crippen LogP contribution is -1.98. The highest BCUT2D eigenvalue weighted by Gasteiger charge is 2.07. The lowest BCUT2D eigenvalue weighted by atomic mass is 10.00. The molecule has 3 heteroatoms. The number of nitrogens with zero attached hydrogens (tertiary/aromatic N) is 1. The van der Waals surface area contributed by atoms with Gasteiger partial charge >= 0.3 is 5.97 Å². The molecule has 0 aliphatic carbocycles. The molecule has 3 nitrogen and oxygen atoms in total. The molecule has 0 saturated carbocycles. The van der Waals surface area contributed by atoms with Crippen LogP contribution in [0.25, 0.3) is 11.1 Å². The Bertz CT molecular complexity index is 535. The fraction of sp³-hybridized carbons (Fsp3) is 0.143. The number of carboxylic acids is 1. The topological polar surface area (TPSA) is 50.2 Å².